The molecule has 1 aliphatic carbocycles. The molecule has 0 spiro atoms. The number of hydrogen-bond acceptors (Lipinski definition) is 7. The van der Waals surface area contributed by atoms with Crippen molar-refractivity contribution in [2.24, 2.45) is 17.8 Å². The van der Waals surface area contributed by atoms with Crippen LogP contribution in [0, 0.1) is 17.8 Å². The summed E-state index contributed by atoms with van der Waals surface area (Å²) in [6, 6.07) is 0. The van der Waals surface area contributed by atoms with Gasteiger partial charge >= 0.3 is 6.09 Å². The van der Waals surface area contributed by atoms with E-state index in [-0.39, 0.29) is 34.8 Å². The zero-order valence-electron chi connectivity index (χ0n) is 16.3. The molecule has 0 radical (unpaired) electrons. The lowest BCUT2D eigenvalue weighted by molar-refractivity contribution is -0.125. The van der Waals surface area contributed by atoms with E-state index in [4.69, 9.17) is 4.74 Å². The van der Waals surface area contributed by atoms with E-state index in [1.807, 2.05) is 0 Å². The van der Waals surface area contributed by atoms with Gasteiger partial charge in [0.15, 0.2) is 0 Å². The van der Waals surface area contributed by atoms with Crippen molar-refractivity contribution in [2.75, 3.05) is 12.4 Å². The maximum atomic E-state index is 12.8. The Kier molecular flexibility index (Phi) is 7.31. The van der Waals surface area contributed by atoms with Crippen LogP contribution in [-0.4, -0.2) is 51.9 Å². The minimum atomic E-state index is -0.745. The highest BCUT2D eigenvalue weighted by Gasteiger charge is 2.44. The monoisotopic (exact) mass is 428 g/mol. The Morgan fingerprint density at radius 1 is 1.07 bits per heavy atom. The average Bonchev–Trinajstić information content (AvgIpc) is 3.27. The van der Waals surface area contributed by atoms with Gasteiger partial charge in [0.05, 0.1) is 23.1 Å². The Hall–Kier alpha value is -1.22. The zero-order chi connectivity index (χ0) is 20.3. The molecule has 28 heavy (non-hydrogen) atoms. The van der Waals surface area contributed by atoms with E-state index in [1.54, 1.807) is 25.6 Å². The third-order valence-electron chi connectivity index (χ3n) is 5.85. The molecule has 0 aromatic rings. The second-order valence-corrected chi connectivity index (χ2v) is 10.4. The van der Waals surface area contributed by atoms with Gasteiger partial charge in [-0.05, 0) is 57.6 Å². The maximum Gasteiger partial charge on any atom is 0.413 e. The molecular weight excluding hydrogens is 400 g/mol. The predicted molar refractivity (Wildman–Crippen MR) is 109 cm³/mol. The van der Waals surface area contributed by atoms with Crippen LogP contribution in [-0.2, 0) is 19.1 Å². The van der Waals surface area contributed by atoms with E-state index in [1.165, 1.54) is 11.8 Å². The lowest BCUT2D eigenvalue weighted by Crippen LogP contribution is -2.46. The van der Waals surface area contributed by atoms with Crippen molar-refractivity contribution >= 4 is 47.2 Å². The highest BCUT2D eigenvalue weighted by molar-refractivity contribution is 8.01. The Bertz CT molecular complexity index is 644. The predicted octanol–water partition coefficient (Wildman–Crippen LogP) is 2.33. The quantitative estimate of drug-likeness (QED) is 0.693. The van der Waals surface area contributed by atoms with Crippen LogP contribution in [0.4, 0.5) is 4.79 Å². The smallest absolute Gasteiger partial charge is 0.413 e. The molecular formula is C19H28N2O5S2. The molecule has 3 amide bonds. The van der Waals surface area contributed by atoms with Crippen molar-refractivity contribution in [3.05, 3.63) is 0 Å². The summed E-state index contributed by atoms with van der Waals surface area (Å²) in [4.78, 5) is 48.3. The van der Waals surface area contributed by atoms with Crippen LogP contribution in [0.1, 0.15) is 46.0 Å². The molecule has 3 aliphatic rings. The van der Waals surface area contributed by atoms with Gasteiger partial charge in [0, 0.05) is 11.2 Å². The second kappa shape index (κ2) is 9.52. The topological polar surface area (TPSA) is 102 Å². The van der Waals surface area contributed by atoms with Gasteiger partial charge in [-0.25, -0.2) is 4.79 Å². The number of imide groups is 1. The summed E-state index contributed by atoms with van der Waals surface area (Å²) in [5.41, 5.74) is 0. The number of ether oxygens (including phenoxy) is 1. The normalized spacial score (nSPS) is 34.4. The molecule has 2 saturated heterocycles. The molecule has 3 fully saturated rings. The molecule has 0 bridgehead atoms. The number of hydrogen-bond donors (Lipinski definition) is 2. The Balaban J connectivity index is 1.52. The molecule has 7 nitrogen and oxygen atoms in total. The van der Waals surface area contributed by atoms with Gasteiger partial charge in [0.1, 0.15) is 5.78 Å². The van der Waals surface area contributed by atoms with Crippen LogP contribution in [0.3, 0.4) is 0 Å². The van der Waals surface area contributed by atoms with Crippen molar-refractivity contribution < 1.29 is 23.9 Å². The lowest BCUT2D eigenvalue weighted by Gasteiger charge is -2.29. The lowest BCUT2D eigenvalue weighted by atomic mass is 9.77. The van der Waals surface area contributed by atoms with Gasteiger partial charge in [-0.15, -0.1) is 23.5 Å². The number of thioether (sulfide) groups is 2. The van der Waals surface area contributed by atoms with Gasteiger partial charge in [-0.2, -0.15) is 0 Å². The fourth-order valence-electron chi connectivity index (χ4n) is 4.34. The highest BCUT2D eigenvalue weighted by Crippen LogP contribution is 2.48. The van der Waals surface area contributed by atoms with Gasteiger partial charge < -0.3 is 10.1 Å². The fraction of sp³-hybridized carbons (Fsp3) is 0.789. The number of amides is 3. The van der Waals surface area contributed by atoms with Crippen LogP contribution in [0.15, 0.2) is 0 Å². The molecule has 3 rings (SSSR count). The summed E-state index contributed by atoms with van der Waals surface area (Å²) in [7, 11) is 0. The van der Waals surface area contributed by atoms with Gasteiger partial charge in [-0.3, -0.25) is 19.7 Å². The van der Waals surface area contributed by atoms with Crippen LogP contribution in [0.2, 0.25) is 0 Å². The molecule has 2 heterocycles. The summed E-state index contributed by atoms with van der Waals surface area (Å²) < 4.78 is 4.76. The summed E-state index contributed by atoms with van der Waals surface area (Å²) in [6.45, 7) is 3.54. The van der Waals surface area contributed by atoms with E-state index in [9.17, 15) is 19.2 Å². The number of Topliss-reactive ketones (excluding diaryl/α,β-unsaturated/α-hetero) is 1. The number of alkyl carbamates (subject to hydrolysis) is 1. The Labute approximate surface area is 173 Å². The van der Waals surface area contributed by atoms with E-state index >= 15 is 0 Å². The number of ketones is 1. The van der Waals surface area contributed by atoms with Gasteiger partial charge in [-0.1, -0.05) is 0 Å². The molecule has 6 atom stereocenters. The average molecular weight is 429 g/mol. The van der Waals surface area contributed by atoms with Crippen LogP contribution < -0.4 is 10.6 Å². The minimum absolute atomic E-state index is 0.0351. The minimum Gasteiger partial charge on any atom is -0.450 e. The number of nitrogens with one attached hydrogen (secondary N) is 2. The van der Waals surface area contributed by atoms with Crippen molar-refractivity contribution in [3.8, 4) is 0 Å². The van der Waals surface area contributed by atoms with Crippen molar-refractivity contribution in [2.45, 2.75) is 61.8 Å². The molecule has 9 heteroatoms. The molecule has 1 saturated carbocycles. The molecule has 0 aromatic carbocycles. The van der Waals surface area contributed by atoms with Crippen molar-refractivity contribution in [1.82, 2.24) is 10.6 Å². The Morgan fingerprint density at radius 2 is 1.86 bits per heavy atom. The zero-order valence-corrected chi connectivity index (χ0v) is 17.9. The SMILES string of the molecule is CCOC(=O)NC(=O)C1CCSC1NC(=O)C1CC2CC(C(C)=O)CCC2S1. The molecule has 6 unspecified atom stereocenters. The second-order valence-electron chi connectivity index (χ2n) is 7.68. The van der Waals surface area contributed by atoms with E-state index in [2.05, 4.69) is 10.6 Å². The van der Waals surface area contributed by atoms with E-state index in [0.29, 0.717) is 17.6 Å². The van der Waals surface area contributed by atoms with Crippen LogP contribution in [0.5, 0.6) is 0 Å². The third kappa shape index (κ3) is 5.03. The van der Waals surface area contributed by atoms with Crippen LogP contribution in [0.25, 0.3) is 0 Å². The summed E-state index contributed by atoms with van der Waals surface area (Å²) in [5.74, 6) is 0.712. The van der Waals surface area contributed by atoms with E-state index in [0.717, 1.165) is 31.4 Å². The first-order chi connectivity index (χ1) is 13.4. The molecule has 0 aromatic heterocycles. The standard InChI is InChI=1S/C19H28N2O5S2/c1-3-26-19(25)21-16(23)13-6-7-27-18(13)20-17(24)15-9-12-8-11(10(2)22)4-5-14(12)28-15/h11-15,18H,3-9H2,1-2H3,(H,20,24)(H,21,23,25). The van der Waals surface area contributed by atoms with Gasteiger partial charge in [0.2, 0.25) is 11.8 Å². The fourth-order valence-corrected chi connectivity index (χ4v) is 7.36. The summed E-state index contributed by atoms with van der Waals surface area (Å²) in [5, 5.41) is 5.27. The number of rotatable bonds is 5. The largest absolute Gasteiger partial charge is 0.450 e. The van der Waals surface area contributed by atoms with Gasteiger partial charge in [0.25, 0.3) is 0 Å². The first kappa shape index (κ1) is 21.5. The molecule has 2 aliphatic heterocycles. The molecule has 2 N–H and O–H groups in total. The highest BCUT2D eigenvalue weighted by atomic mass is 32.2. The van der Waals surface area contributed by atoms with Crippen molar-refractivity contribution in [3.63, 3.8) is 0 Å². The first-order valence-corrected chi connectivity index (χ1v) is 11.9. The third-order valence-corrected chi connectivity index (χ3v) is 8.83. The van der Waals surface area contributed by atoms with E-state index < -0.39 is 17.9 Å². The van der Waals surface area contributed by atoms with Crippen molar-refractivity contribution in [1.29, 1.82) is 0 Å². The number of carbonyl (C=O) groups excluding carboxylic acids is 4. The maximum absolute atomic E-state index is 12.8. The first-order valence-electron chi connectivity index (χ1n) is 9.94. The Morgan fingerprint density at radius 3 is 2.57 bits per heavy atom. The van der Waals surface area contributed by atoms with Crippen LogP contribution >= 0.6 is 23.5 Å². The number of carbonyl (C=O) groups is 4. The summed E-state index contributed by atoms with van der Waals surface area (Å²) >= 11 is 3.26. The molecule has 156 valence electrons. The number of fused-ring (bicyclic) bond motifs is 1. The summed E-state index contributed by atoms with van der Waals surface area (Å²) in [6.07, 6.45) is 3.47.